The van der Waals surface area contributed by atoms with Crippen LogP contribution in [0.1, 0.15) is 34.3 Å². The van der Waals surface area contributed by atoms with Crippen LogP contribution in [0.2, 0.25) is 0 Å². The number of nitrogens with zero attached hydrogens (tertiary/aromatic N) is 1. The van der Waals surface area contributed by atoms with E-state index in [2.05, 4.69) is 5.32 Å². The molecule has 1 N–H and O–H groups in total. The highest BCUT2D eigenvalue weighted by molar-refractivity contribution is 6.25. The molecular weight excluding hydrogens is 336 g/mol. The molecule has 0 aromatic heterocycles. The SMILES string of the molecule is Cc1cccc(C)c1NC(=O)CCCN1C(=O)c2cccc3cccc1c23. The first-order valence-electron chi connectivity index (χ1n) is 9.26. The second-order valence-electron chi connectivity index (χ2n) is 7.06. The first kappa shape index (κ1) is 17.3. The Morgan fingerprint density at radius 3 is 2.37 bits per heavy atom. The molecule has 1 aliphatic heterocycles. The number of benzene rings is 3. The number of amides is 2. The van der Waals surface area contributed by atoms with Crippen LogP contribution in [-0.2, 0) is 4.79 Å². The van der Waals surface area contributed by atoms with Crippen molar-refractivity contribution in [3.63, 3.8) is 0 Å². The van der Waals surface area contributed by atoms with E-state index in [4.69, 9.17) is 0 Å². The van der Waals surface area contributed by atoms with Gasteiger partial charge >= 0.3 is 0 Å². The molecule has 1 aliphatic rings. The van der Waals surface area contributed by atoms with Crippen LogP contribution in [0.3, 0.4) is 0 Å². The number of carbonyl (C=O) groups excluding carboxylic acids is 2. The Kier molecular flexibility index (Phi) is 4.40. The standard InChI is InChI=1S/C23H22N2O2/c1-15-7-3-8-16(2)22(15)24-20(26)13-6-14-25-19-12-5-10-17-9-4-11-18(21(17)19)23(25)27/h3-5,7-12H,6,13-14H2,1-2H3,(H,24,26). The largest absolute Gasteiger partial charge is 0.326 e. The van der Waals surface area contributed by atoms with Gasteiger partial charge in [-0.1, -0.05) is 42.5 Å². The Morgan fingerprint density at radius 2 is 1.63 bits per heavy atom. The number of anilines is 2. The van der Waals surface area contributed by atoms with E-state index in [9.17, 15) is 9.59 Å². The van der Waals surface area contributed by atoms with Gasteiger partial charge in [-0.15, -0.1) is 0 Å². The van der Waals surface area contributed by atoms with Crippen LogP contribution < -0.4 is 10.2 Å². The number of rotatable bonds is 5. The molecule has 0 saturated heterocycles. The predicted octanol–water partition coefficient (Wildman–Crippen LogP) is 4.84. The summed E-state index contributed by atoms with van der Waals surface area (Å²) in [6.45, 7) is 4.51. The zero-order chi connectivity index (χ0) is 19.0. The third kappa shape index (κ3) is 3.08. The van der Waals surface area contributed by atoms with Gasteiger partial charge in [-0.25, -0.2) is 0 Å². The van der Waals surface area contributed by atoms with Crippen LogP contribution in [0.25, 0.3) is 10.8 Å². The molecule has 4 rings (SSSR count). The Bertz CT molecular complexity index is 1030. The molecule has 0 atom stereocenters. The van der Waals surface area contributed by atoms with Crippen LogP contribution in [0.5, 0.6) is 0 Å². The van der Waals surface area contributed by atoms with Crippen LogP contribution in [0.15, 0.2) is 54.6 Å². The van der Waals surface area contributed by atoms with Gasteiger partial charge < -0.3 is 10.2 Å². The fraction of sp³-hybridized carbons (Fsp3) is 0.217. The van der Waals surface area contributed by atoms with E-state index >= 15 is 0 Å². The average Bonchev–Trinajstić information content (AvgIpc) is 2.93. The summed E-state index contributed by atoms with van der Waals surface area (Å²) in [7, 11) is 0. The number of para-hydroxylation sites is 1. The van der Waals surface area contributed by atoms with E-state index in [1.54, 1.807) is 4.90 Å². The van der Waals surface area contributed by atoms with Crippen molar-refractivity contribution in [1.82, 2.24) is 0 Å². The van der Waals surface area contributed by atoms with Crippen molar-refractivity contribution in [2.75, 3.05) is 16.8 Å². The van der Waals surface area contributed by atoms with E-state index in [1.165, 1.54) is 0 Å². The number of carbonyl (C=O) groups is 2. The van der Waals surface area contributed by atoms with Crippen molar-refractivity contribution in [3.8, 4) is 0 Å². The maximum absolute atomic E-state index is 12.8. The van der Waals surface area contributed by atoms with Crippen LogP contribution >= 0.6 is 0 Å². The molecule has 0 spiro atoms. The maximum atomic E-state index is 12.8. The quantitative estimate of drug-likeness (QED) is 0.710. The lowest BCUT2D eigenvalue weighted by molar-refractivity contribution is -0.116. The van der Waals surface area contributed by atoms with E-state index in [0.717, 1.165) is 38.8 Å². The minimum absolute atomic E-state index is 0.0187. The summed E-state index contributed by atoms with van der Waals surface area (Å²) in [4.78, 5) is 26.9. The van der Waals surface area contributed by atoms with E-state index < -0.39 is 0 Å². The van der Waals surface area contributed by atoms with Gasteiger partial charge in [0.25, 0.3) is 5.91 Å². The summed E-state index contributed by atoms with van der Waals surface area (Å²) in [6, 6.07) is 17.8. The lowest BCUT2D eigenvalue weighted by Gasteiger charge is -2.18. The molecule has 1 heterocycles. The molecular formula is C23H22N2O2. The zero-order valence-electron chi connectivity index (χ0n) is 15.6. The molecule has 0 saturated carbocycles. The fourth-order valence-electron chi connectivity index (χ4n) is 3.81. The highest BCUT2D eigenvalue weighted by Gasteiger charge is 2.29. The lowest BCUT2D eigenvalue weighted by Crippen LogP contribution is -2.28. The highest BCUT2D eigenvalue weighted by Crippen LogP contribution is 2.37. The van der Waals surface area contributed by atoms with Gasteiger partial charge in [-0.05, 0) is 48.9 Å². The summed E-state index contributed by atoms with van der Waals surface area (Å²) < 4.78 is 0. The van der Waals surface area contributed by atoms with E-state index in [1.807, 2.05) is 68.4 Å². The molecule has 0 bridgehead atoms. The Morgan fingerprint density at radius 1 is 0.963 bits per heavy atom. The minimum Gasteiger partial charge on any atom is -0.326 e. The molecule has 4 nitrogen and oxygen atoms in total. The molecule has 4 heteroatoms. The summed E-state index contributed by atoms with van der Waals surface area (Å²) in [5.41, 5.74) is 4.70. The van der Waals surface area contributed by atoms with E-state index in [-0.39, 0.29) is 11.8 Å². The summed E-state index contributed by atoms with van der Waals surface area (Å²) in [6.07, 6.45) is 0.997. The Hall–Kier alpha value is -3.14. The van der Waals surface area contributed by atoms with Crippen LogP contribution in [0, 0.1) is 13.8 Å². The molecule has 2 amide bonds. The molecule has 0 aliphatic carbocycles. The van der Waals surface area contributed by atoms with Crippen molar-refractivity contribution < 1.29 is 9.59 Å². The molecule has 0 radical (unpaired) electrons. The van der Waals surface area contributed by atoms with Crippen molar-refractivity contribution in [3.05, 3.63) is 71.3 Å². The fourth-order valence-corrected chi connectivity index (χ4v) is 3.81. The summed E-state index contributed by atoms with van der Waals surface area (Å²) in [5.74, 6) is 0.00623. The maximum Gasteiger partial charge on any atom is 0.258 e. The molecule has 3 aromatic rings. The van der Waals surface area contributed by atoms with Crippen LogP contribution in [0.4, 0.5) is 11.4 Å². The lowest BCUT2D eigenvalue weighted by atomic mass is 10.1. The number of nitrogens with one attached hydrogen (secondary N) is 1. The first-order chi connectivity index (χ1) is 13.1. The van der Waals surface area contributed by atoms with Gasteiger partial charge in [-0.2, -0.15) is 0 Å². The normalized spacial score (nSPS) is 12.7. The average molecular weight is 358 g/mol. The minimum atomic E-state index is -0.0187. The van der Waals surface area contributed by atoms with E-state index in [0.29, 0.717) is 19.4 Å². The zero-order valence-corrected chi connectivity index (χ0v) is 15.6. The van der Waals surface area contributed by atoms with Gasteiger partial charge in [-0.3, -0.25) is 9.59 Å². The highest BCUT2D eigenvalue weighted by atomic mass is 16.2. The molecule has 0 unspecified atom stereocenters. The third-order valence-electron chi connectivity index (χ3n) is 5.18. The van der Waals surface area contributed by atoms with Gasteiger partial charge in [0.2, 0.25) is 5.91 Å². The van der Waals surface area contributed by atoms with Gasteiger partial charge in [0, 0.05) is 29.6 Å². The topological polar surface area (TPSA) is 49.4 Å². The van der Waals surface area contributed by atoms with Crippen LogP contribution in [-0.4, -0.2) is 18.4 Å². The molecule has 27 heavy (non-hydrogen) atoms. The number of hydrogen-bond acceptors (Lipinski definition) is 2. The molecule has 0 fully saturated rings. The summed E-state index contributed by atoms with van der Waals surface area (Å²) in [5, 5.41) is 5.11. The Labute approximate surface area is 158 Å². The van der Waals surface area contributed by atoms with Gasteiger partial charge in [0.1, 0.15) is 0 Å². The predicted molar refractivity (Wildman–Crippen MR) is 109 cm³/mol. The first-order valence-corrected chi connectivity index (χ1v) is 9.26. The van der Waals surface area contributed by atoms with Gasteiger partial charge in [0.15, 0.2) is 0 Å². The van der Waals surface area contributed by atoms with Crippen molar-refractivity contribution in [2.45, 2.75) is 26.7 Å². The molecule has 3 aromatic carbocycles. The second kappa shape index (κ2) is 6.88. The monoisotopic (exact) mass is 358 g/mol. The van der Waals surface area contributed by atoms with Crippen molar-refractivity contribution in [1.29, 1.82) is 0 Å². The molecule has 136 valence electrons. The summed E-state index contributed by atoms with van der Waals surface area (Å²) >= 11 is 0. The number of aryl methyl sites for hydroxylation is 2. The van der Waals surface area contributed by atoms with Gasteiger partial charge in [0.05, 0.1) is 5.69 Å². The number of hydrogen-bond donors (Lipinski definition) is 1. The Balaban J connectivity index is 1.42. The third-order valence-corrected chi connectivity index (χ3v) is 5.18. The smallest absolute Gasteiger partial charge is 0.258 e. The van der Waals surface area contributed by atoms with Crippen molar-refractivity contribution >= 4 is 34.0 Å². The second-order valence-corrected chi connectivity index (χ2v) is 7.06. The van der Waals surface area contributed by atoms with Crippen molar-refractivity contribution in [2.24, 2.45) is 0 Å².